The van der Waals surface area contributed by atoms with Crippen LogP contribution in [0.5, 0.6) is 0 Å². The van der Waals surface area contributed by atoms with Crippen LogP contribution in [0.4, 0.5) is 5.69 Å². The van der Waals surface area contributed by atoms with Gasteiger partial charge in [-0.25, -0.2) is 0 Å². The number of rotatable bonds is 4. The highest BCUT2D eigenvalue weighted by atomic mass is 16.5. The molecule has 0 atom stereocenters. The fourth-order valence-electron chi connectivity index (χ4n) is 2.21. The first-order valence-corrected chi connectivity index (χ1v) is 6.83. The Kier molecular flexibility index (Phi) is 3.84. The zero-order chi connectivity index (χ0) is 16.2. The number of aryl methyl sites for hydroxylation is 2. The molecule has 0 fully saturated rings. The van der Waals surface area contributed by atoms with Gasteiger partial charge in [0.05, 0.1) is 5.69 Å². The molecule has 114 valence electrons. The highest BCUT2D eigenvalue weighted by Gasteiger charge is 2.11. The molecule has 3 rings (SSSR count). The van der Waals surface area contributed by atoms with Gasteiger partial charge in [0.25, 0.3) is 0 Å². The molecule has 3 aromatic rings. The summed E-state index contributed by atoms with van der Waals surface area (Å²) in [6.07, 6.45) is 1.54. The SMILES string of the molecule is Cc1noc(C)c1-c1ccc(NC=C(C#N)c2nn[nH]n2)cc1. The van der Waals surface area contributed by atoms with E-state index < -0.39 is 0 Å². The van der Waals surface area contributed by atoms with Crippen LogP contribution in [0.1, 0.15) is 17.3 Å². The summed E-state index contributed by atoms with van der Waals surface area (Å²) in [5.74, 6) is 1.03. The summed E-state index contributed by atoms with van der Waals surface area (Å²) in [5, 5.41) is 29.4. The predicted molar refractivity (Wildman–Crippen MR) is 82.8 cm³/mol. The van der Waals surface area contributed by atoms with Gasteiger partial charge in [-0.15, -0.1) is 10.2 Å². The zero-order valence-electron chi connectivity index (χ0n) is 12.5. The number of aromatic amines is 1. The monoisotopic (exact) mass is 307 g/mol. The van der Waals surface area contributed by atoms with Crippen molar-refractivity contribution in [2.75, 3.05) is 5.32 Å². The smallest absolute Gasteiger partial charge is 0.216 e. The standard InChI is InChI=1S/C15H13N7O/c1-9-14(10(2)23-20-9)11-3-5-13(6-4-11)17-8-12(7-16)15-18-21-22-19-15/h3-6,8,17H,1-2H3,(H,18,19,21,22). The van der Waals surface area contributed by atoms with Gasteiger partial charge in [0, 0.05) is 17.5 Å². The molecule has 0 bridgehead atoms. The molecule has 0 unspecified atom stereocenters. The third-order valence-electron chi connectivity index (χ3n) is 3.30. The van der Waals surface area contributed by atoms with Crippen LogP contribution in [-0.4, -0.2) is 25.8 Å². The average Bonchev–Trinajstić information content (AvgIpc) is 3.20. The van der Waals surface area contributed by atoms with E-state index in [4.69, 9.17) is 9.78 Å². The van der Waals surface area contributed by atoms with Crippen LogP contribution in [0.25, 0.3) is 16.7 Å². The number of H-pyrrole nitrogens is 1. The Morgan fingerprint density at radius 1 is 1.30 bits per heavy atom. The van der Waals surface area contributed by atoms with Gasteiger partial charge in [-0.2, -0.15) is 10.5 Å². The van der Waals surface area contributed by atoms with E-state index in [0.717, 1.165) is 28.3 Å². The Morgan fingerprint density at radius 3 is 2.65 bits per heavy atom. The van der Waals surface area contributed by atoms with Crippen molar-refractivity contribution in [3.05, 3.63) is 47.7 Å². The topological polar surface area (TPSA) is 116 Å². The summed E-state index contributed by atoms with van der Waals surface area (Å²) < 4.78 is 5.18. The fraction of sp³-hybridized carbons (Fsp3) is 0.133. The number of allylic oxidation sites excluding steroid dienone is 1. The molecular weight excluding hydrogens is 294 g/mol. The van der Waals surface area contributed by atoms with Crippen molar-refractivity contribution in [1.29, 1.82) is 5.26 Å². The summed E-state index contributed by atoms with van der Waals surface area (Å²) in [7, 11) is 0. The minimum absolute atomic E-state index is 0.243. The molecule has 23 heavy (non-hydrogen) atoms. The van der Waals surface area contributed by atoms with Crippen molar-refractivity contribution in [2.45, 2.75) is 13.8 Å². The molecule has 0 aliphatic carbocycles. The van der Waals surface area contributed by atoms with E-state index in [1.54, 1.807) is 0 Å². The fourth-order valence-corrected chi connectivity index (χ4v) is 2.21. The predicted octanol–water partition coefficient (Wildman–Crippen LogP) is 2.45. The highest BCUT2D eigenvalue weighted by Crippen LogP contribution is 2.27. The van der Waals surface area contributed by atoms with Crippen molar-refractivity contribution in [2.24, 2.45) is 0 Å². The minimum atomic E-state index is 0.243. The lowest BCUT2D eigenvalue weighted by Crippen LogP contribution is -1.93. The molecule has 1 aromatic carbocycles. The first-order valence-electron chi connectivity index (χ1n) is 6.83. The van der Waals surface area contributed by atoms with Gasteiger partial charge in [-0.3, -0.25) is 0 Å². The average molecular weight is 307 g/mol. The first-order chi connectivity index (χ1) is 11.2. The van der Waals surface area contributed by atoms with E-state index in [0.29, 0.717) is 0 Å². The summed E-state index contributed by atoms with van der Waals surface area (Å²) in [5.41, 5.74) is 3.99. The molecule has 0 radical (unpaired) electrons. The lowest BCUT2D eigenvalue weighted by atomic mass is 10.0. The van der Waals surface area contributed by atoms with E-state index >= 15 is 0 Å². The summed E-state index contributed by atoms with van der Waals surface area (Å²) in [6, 6.07) is 9.75. The number of anilines is 1. The number of nitrogens with zero attached hydrogens (tertiary/aromatic N) is 5. The second-order valence-electron chi connectivity index (χ2n) is 4.83. The Labute approximate surface area is 131 Å². The number of hydrogen-bond acceptors (Lipinski definition) is 7. The molecule has 2 N–H and O–H groups in total. The largest absolute Gasteiger partial charge is 0.361 e. The molecule has 0 spiro atoms. The van der Waals surface area contributed by atoms with Crippen LogP contribution >= 0.6 is 0 Å². The van der Waals surface area contributed by atoms with Crippen LogP contribution in [0.2, 0.25) is 0 Å². The lowest BCUT2D eigenvalue weighted by molar-refractivity contribution is 0.393. The van der Waals surface area contributed by atoms with E-state index in [9.17, 15) is 0 Å². The Bertz CT molecular complexity index is 850. The molecule has 2 heterocycles. The Hall–Kier alpha value is -3.47. The van der Waals surface area contributed by atoms with E-state index in [1.165, 1.54) is 6.20 Å². The van der Waals surface area contributed by atoms with Gasteiger partial charge in [0.2, 0.25) is 5.82 Å². The van der Waals surface area contributed by atoms with Gasteiger partial charge in [-0.1, -0.05) is 17.3 Å². The maximum atomic E-state index is 9.11. The number of hydrogen-bond donors (Lipinski definition) is 2. The molecule has 0 saturated heterocycles. The maximum absolute atomic E-state index is 9.11. The van der Waals surface area contributed by atoms with Crippen LogP contribution in [0.15, 0.2) is 35.0 Å². The second kappa shape index (κ2) is 6.11. The van der Waals surface area contributed by atoms with Crippen molar-refractivity contribution in [3.8, 4) is 17.2 Å². The zero-order valence-corrected chi connectivity index (χ0v) is 12.5. The quantitative estimate of drug-likeness (QED) is 0.711. The maximum Gasteiger partial charge on any atom is 0.216 e. The minimum Gasteiger partial charge on any atom is -0.361 e. The van der Waals surface area contributed by atoms with E-state index in [-0.39, 0.29) is 11.4 Å². The number of nitriles is 1. The normalized spacial score (nSPS) is 11.3. The van der Waals surface area contributed by atoms with Crippen LogP contribution in [0, 0.1) is 25.2 Å². The third kappa shape index (κ3) is 2.94. The van der Waals surface area contributed by atoms with Crippen LogP contribution in [0.3, 0.4) is 0 Å². The highest BCUT2D eigenvalue weighted by molar-refractivity contribution is 5.75. The van der Waals surface area contributed by atoms with Crippen molar-refractivity contribution in [1.82, 2.24) is 25.8 Å². The Balaban J connectivity index is 1.80. The van der Waals surface area contributed by atoms with E-state index in [2.05, 4.69) is 31.1 Å². The Morgan fingerprint density at radius 2 is 2.09 bits per heavy atom. The van der Waals surface area contributed by atoms with Gasteiger partial charge >= 0.3 is 0 Å². The van der Waals surface area contributed by atoms with Crippen LogP contribution < -0.4 is 5.32 Å². The van der Waals surface area contributed by atoms with Crippen molar-refractivity contribution in [3.63, 3.8) is 0 Å². The first kappa shape index (κ1) is 14.5. The second-order valence-corrected chi connectivity index (χ2v) is 4.83. The molecular formula is C15H13N7O. The molecule has 0 aliphatic heterocycles. The van der Waals surface area contributed by atoms with E-state index in [1.807, 2.05) is 44.2 Å². The third-order valence-corrected chi connectivity index (χ3v) is 3.30. The summed E-state index contributed by atoms with van der Waals surface area (Å²) >= 11 is 0. The molecule has 0 aliphatic rings. The van der Waals surface area contributed by atoms with Crippen LogP contribution in [-0.2, 0) is 0 Å². The number of nitrogens with one attached hydrogen (secondary N) is 2. The molecule has 8 nitrogen and oxygen atoms in total. The van der Waals surface area contributed by atoms with Gasteiger partial charge in [-0.05, 0) is 36.8 Å². The molecule has 0 saturated carbocycles. The summed E-state index contributed by atoms with van der Waals surface area (Å²) in [4.78, 5) is 0. The number of aromatic nitrogens is 5. The number of tetrazole rings is 1. The van der Waals surface area contributed by atoms with Crippen molar-refractivity contribution >= 4 is 11.3 Å². The molecule has 8 heteroatoms. The van der Waals surface area contributed by atoms with Gasteiger partial charge < -0.3 is 9.84 Å². The molecule has 2 aromatic heterocycles. The lowest BCUT2D eigenvalue weighted by Gasteiger charge is -2.04. The molecule has 0 amide bonds. The summed E-state index contributed by atoms with van der Waals surface area (Å²) in [6.45, 7) is 3.79. The van der Waals surface area contributed by atoms with Gasteiger partial charge in [0.15, 0.2) is 0 Å². The van der Waals surface area contributed by atoms with Gasteiger partial charge in [0.1, 0.15) is 17.4 Å². The van der Waals surface area contributed by atoms with Crippen molar-refractivity contribution < 1.29 is 4.52 Å². The number of benzene rings is 1.